The predicted octanol–water partition coefficient (Wildman–Crippen LogP) is 3.50. The number of ether oxygens (including phenoxy) is 2. The van der Waals surface area contributed by atoms with Crippen LogP contribution < -0.4 is 11.2 Å². The molecule has 29 heavy (non-hydrogen) atoms. The van der Waals surface area contributed by atoms with Crippen LogP contribution in [-0.4, -0.2) is 29.9 Å². The van der Waals surface area contributed by atoms with E-state index in [2.05, 4.69) is 11.6 Å². The molecule has 3 aromatic rings. The Kier molecular flexibility index (Phi) is 6.46. The molecule has 3 rings (SSSR count). The first kappa shape index (κ1) is 20.8. The lowest BCUT2D eigenvalue weighted by atomic mass is 9.94. The second kappa shape index (κ2) is 9.03. The van der Waals surface area contributed by atoms with E-state index < -0.39 is 5.69 Å². The zero-order valence-corrected chi connectivity index (χ0v) is 17.0. The largest absolute Gasteiger partial charge is 0.382 e. The zero-order valence-electron chi connectivity index (χ0n) is 17.0. The quantitative estimate of drug-likeness (QED) is 0.594. The fourth-order valence-corrected chi connectivity index (χ4v) is 3.30. The summed E-state index contributed by atoms with van der Waals surface area (Å²) in [5, 5.41) is 2.18. The van der Waals surface area contributed by atoms with Gasteiger partial charge in [0.2, 0.25) is 0 Å². The fraction of sp³-hybridized carbons (Fsp3) is 0.304. The number of fused-ring (bicyclic) bond motifs is 1. The summed E-state index contributed by atoms with van der Waals surface area (Å²) in [4.78, 5) is 28.5. The molecule has 0 aliphatic heterocycles. The van der Waals surface area contributed by atoms with Gasteiger partial charge in [0.1, 0.15) is 6.73 Å². The molecule has 2 aromatic carbocycles. The summed E-state index contributed by atoms with van der Waals surface area (Å²) in [5.74, 6) is -0.100. The maximum Gasteiger partial charge on any atom is 0.330 e. The molecule has 0 saturated heterocycles. The van der Waals surface area contributed by atoms with Crippen LogP contribution in [0.15, 0.2) is 58.6 Å². The highest BCUT2D eigenvalue weighted by Crippen LogP contribution is 2.27. The van der Waals surface area contributed by atoms with Gasteiger partial charge >= 0.3 is 5.69 Å². The van der Waals surface area contributed by atoms with Crippen LogP contribution in [0.4, 0.5) is 0 Å². The maximum absolute atomic E-state index is 13.1. The molecular formula is C23H26N2O4. The minimum Gasteiger partial charge on any atom is -0.382 e. The summed E-state index contributed by atoms with van der Waals surface area (Å²) in [6.07, 6.45) is 0. The first-order valence-corrected chi connectivity index (χ1v) is 9.56. The first-order valence-electron chi connectivity index (χ1n) is 9.56. The lowest BCUT2D eigenvalue weighted by Gasteiger charge is -2.17. The Morgan fingerprint density at radius 3 is 2.52 bits per heavy atom. The van der Waals surface area contributed by atoms with E-state index in [9.17, 15) is 9.59 Å². The number of nitrogens with one attached hydrogen (secondary N) is 1. The van der Waals surface area contributed by atoms with Crippen molar-refractivity contribution in [3.8, 4) is 0 Å². The second-order valence-electron chi connectivity index (χ2n) is 7.18. The highest BCUT2D eigenvalue weighted by Gasteiger charge is 2.19. The number of rotatable bonds is 8. The summed E-state index contributed by atoms with van der Waals surface area (Å²) in [7, 11) is 1.56. The van der Waals surface area contributed by atoms with Crippen molar-refractivity contribution in [1.29, 1.82) is 0 Å². The van der Waals surface area contributed by atoms with Crippen LogP contribution >= 0.6 is 0 Å². The number of benzene rings is 2. The topological polar surface area (TPSA) is 73.3 Å². The molecule has 6 heteroatoms. The van der Waals surface area contributed by atoms with Gasteiger partial charge in [0, 0.05) is 12.7 Å². The Balaban J connectivity index is 2.04. The molecule has 0 fully saturated rings. The van der Waals surface area contributed by atoms with Crippen molar-refractivity contribution in [3.63, 3.8) is 0 Å². The van der Waals surface area contributed by atoms with Gasteiger partial charge in [-0.05, 0) is 33.9 Å². The van der Waals surface area contributed by atoms with Gasteiger partial charge in [-0.3, -0.25) is 4.79 Å². The van der Waals surface area contributed by atoms with Gasteiger partial charge in [0.05, 0.1) is 18.9 Å². The van der Waals surface area contributed by atoms with Crippen molar-refractivity contribution in [3.05, 3.63) is 86.7 Å². The molecule has 0 atom stereocenters. The molecule has 0 unspecified atom stereocenters. The number of nitrogens with zero attached hydrogens (tertiary/aromatic N) is 1. The van der Waals surface area contributed by atoms with Crippen LogP contribution in [0.3, 0.4) is 0 Å². The molecule has 152 valence electrons. The third-order valence-corrected chi connectivity index (χ3v) is 4.85. The van der Waals surface area contributed by atoms with Crippen LogP contribution in [0.5, 0.6) is 0 Å². The molecule has 0 aliphatic carbocycles. The number of hydrogen-bond donors (Lipinski definition) is 1. The average molecular weight is 394 g/mol. The van der Waals surface area contributed by atoms with Crippen molar-refractivity contribution in [1.82, 2.24) is 9.55 Å². The standard InChI is InChI=1S/C23H26N2O4/c1-15(2)20-21(24-23(27)25(22(20)26)14-29-12-11-28-4)16(3)18-10-9-17-7-5-6-8-19(17)13-18/h5-10,13,15H,3,11-12,14H2,1-2,4H3,(H,24,27). The van der Waals surface area contributed by atoms with Gasteiger partial charge in [-0.15, -0.1) is 0 Å². The van der Waals surface area contributed by atoms with E-state index in [-0.39, 0.29) is 18.2 Å². The predicted molar refractivity (Wildman–Crippen MR) is 115 cm³/mol. The van der Waals surface area contributed by atoms with Crippen LogP contribution in [0.2, 0.25) is 0 Å². The van der Waals surface area contributed by atoms with E-state index in [0.717, 1.165) is 20.9 Å². The third kappa shape index (κ3) is 4.39. The van der Waals surface area contributed by atoms with Crippen molar-refractivity contribution in [2.24, 2.45) is 0 Å². The van der Waals surface area contributed by atoms with Gasteiger partial charge in [0.25, 0.3) is 5.56 Å². The Bertz CT molecular complexity index is 1140. The smallest absolute Gasteiger partial charge is 0.330 e. The summed E-state index contributed by atoms with van der Waals surface area (Å²) < 4.78 is 11.4. The Morgan fingerprint density at radius 2 is 1.83 bits per heavy atom. The van der Waals surface area contributed by atoms with Crippen molar-refractivity contribution < 1.29 is 9.47 Å². The third-order valence-electron chi connectivity index (χ3n) is 4.85. The molecule has 0 bridgehead atoms. The van der Waals surface area contributed by atoms with E-state index in [1.54, 1.807) is 7.11 Å². The highest BCUT2D eigenvalue weighted by molar-refractivity contribution is 5.88. The summed E-state index contributed by atoms with van der Waals surface area (Å²) in [6, 6.07) is 14.0. The molecule has 6 nitrogen and oxygen atoms in total. The Labute approximate surface area is 169 Å². The summed E-state index contributed by atoms with van der Waals surface area (Å²) in [6.45, 7) is 8.58. The van der Waals surface area contributed by atoms with Crippen LogP contribution in [0.1, 0.15) is 36.6 Å². The van der Waals surface area contributed by atoms with E-state index in [1.165, 1.54) is 0 Å². The molecule has 0 saturated carbocycles. The number of H-pyrrole nitrogens is 1. The number of hydrogen-bond acceptors (Lipinski definition) is 4. The Morgan fingerprint density at radius 1 is 1.10 bits per heavy atom. The maximum atomic E-state index is 13.1. The molecular weight excluding hydrogens is 368 g/mol. The first-order chi connectivity index (χ1) is 13.9. The van der Waals surface area contributed by atoms with Gasteiger partial charge < -0.3 is 14.5 Å². The lowest BCUT2D eigenvalue weighted by molar-refractivity contribution is 0.0305. The van der Waals surface area contributed by atoms with E-state index >= 15 is 0 Å². The summed E-state index contributed by atoms with van der Waals surface area (Å²) >= 11 is 0. The van der Waals surface area contributed by atoms with Gasteiger partial charge in [-0.25, -0.2) is 9.36 Å². The van der Waals surface area contributed by atoms with E-state index in [0.29, 0.717) is 30.0 Å². The number of aromatic nitrogens is 2. The minimum absolute atomic E-state index is 0.100. The fourth-order valence-electron chi connectivity index (χ4n) is 3.30. The average Bonchev–Trinajstić information content (AvgIpc) is 2.71. The van der Waals surface area contributed by atoms with Gasteiger partial charge in [-0.1, -0.05) is 56.8 Å². The molecule has 0 aliphatic rings. The van der Waals surface area contributed by atoms with Crippen molar-refractivity contribution in [2.75, 3.05) is 20.3 Å². The Hall–Kier alpha value is -2.96. The normalized spacial score (nSPS) is 11.3. The van der Waals surface area contributed by atoms with Gasteiger partial charge in [0.15, 0.2) is 0 Å². The molecule has 0 spiro atoms. The minimum atomic E-state index is -0.520. The van der Waals surface area contributed by atoms with E-state index in [1.807, 2.05) is 56.3 Å². The van der Waals surface area contributed by atoms with Crippen molar-refractivity contribution >= 4 is 16.3 Å². The van der Waals surface area contributed by atoms with Gasteiger partial charge in [-0.2, -0.15) is 0 Å². The van der Waals surface area contributed by atoms with E-state index in [4.69, 9.17) is 9.47 Å². The lowest BCUT2D eigenvalue weighted by Crippen LogP contribution is -2.39. The zero-order chi connectivity index (χ0) is 21.0. The second-order valence-corrected chi connectivity index (χ2v) is 7.18. The molecule has 1 heterocycles. The summed E-state index contributed by atoms with van der Waals surface area (Å²) in [5.41, 5.74) is 1.57. The SMILES string of the molecule is C=C(c1ccc2ccccc2c1)c1[nH]c(=O)n(COCCOC)c(=O)c1C(C)C. The molecule has 0 amide bonds. The monoisotopic (exact) mass is 394 g/mol. The molecule has 1 N–H and O–H groups in total. The highest BCUT2D eigenvalue weighted by atomic mass is 16.5. The van der Waals surface area contributed by atoms with Crippen LogP contribution in [0, 0.1) is 0 Å². The van der Waals surface area contributed by atoms with Crippen molar-refractivity contribution in [2.45, 2.75) is 26.5 Å². The van der Waals surface area contributed by atoms with Crippen LogP contribution in [0.25, 0.3) is 16.3 Å². The van der Waals surface area contributed by atoms with Crippen LogP contribution in [-0.2, 0) is 16.2 Å². The number of aromatic amines is 1. The number of methoxy groups -OCH3 is 1. The molecule has 0 radical (unpaired) electrons. The molecule has 1 aromatic heterocycles.